The van der Waals surface area contributed by atoms with E-state index in [1.165, 1.54) is 24.3 Å². The van der Waals surface area contributed by atoms with Crippen LogP contribution < -0.4 is 9.47 Å². The Balaban J connectivity index is 1.36. The Bertz CT molecular complexity index is 957. The number of rotatable bonds is 9. The molecule has 2 aromatic carbocycles. The maximum Gasteiger partial charge on any atom is 0.260 e. The first kappa shape index (κ1) is 23.3. The SMILES string of the molecule is O=C(CCC1CCN(C(=O)COc2ccc(Cl)c(F)c2)C1)COc1ccc(Cl)c(F)c1. The summed E-state index contributed by atoms with van der Waals surface area (Å²) in [6.07, 6.45) is 1.73. The highest BCUT2D eigenvalue weighted by atomic mass is 35.5. The van der Waals surface area contributed by atoms with E-state index in [0.717, 1.165) is 18.6 Å². The van der Waals surface area contributed by atoms with Gasteiger partial charge in [0.2, 0.25) is 0 Å². The Kier molecular flexibility index (Phi) is 8.09. The minimum atomic E-state index is -0.609. The third-order valence-electron chi connectivity index (χ3n) is 5.01. The Morgan fingerprint density at radius 2 is 1.55 bits per heavy atom. The van der Waals surface area contributed by atoms with Gasteiger partial charge in [0.1, 0.15) is 29.7 Å². The van der Waals surface area contributed by atoms with Crippen molar-refractivity contribution in [3.8, 4) is 11.5 Å². The summed E-state index contributed by atoms with van der Waals surface area (Å²) in [5.41, 5.74) is 0. The van der Waals surface area contributed by atoms with E-state index in [9.17, 15) is 18.4 Å². The van der Waals surface area contributed by atoms with Gasteiger partial charge in [0, 0.05) is 31.6 Å². The van der Waals surface area contributed by atoms with E-state index in [4.69, 9.17) is 32.7 Å². The molecular weight excluding hydrogens is 451 g/mol. The third-order valence-corrected chi connectivity index (χ3v) is 5.63. The van der Waals surface area contributed by atoms with Gasteiger partial charge in [0.15, 0.2) is 12.4 Å². The molecule has 1 aliphatic heterocycles. The first-order chi connectivity index (χ1) is 14.8. The lowest BCUT2D eigenvalue weighted by atomic mass is 10.0. The summed E-state index contributed by atoms with van der Waals surface area (Å²) in [5.74, 6) is -0.833. The van der Waals surface area contributed by atoms with E-state index in [-0.39, 0.29) is 52.4 Å². The highest BCUT2D eigenvalue weighted by Gasteiger charge is 2.26. The molecule has 0 spiro atoms. The number of likely N-dealkylation sites (tertiary alicyclic amines) is 1. The van der Waals surface area contributed by atoms with E-state index in [0.29, 0.717) is 25.9 Å². The van der Waals surface area contributed by atoms with E-state index in [2.05, 4.69) is 0 Å². The van der Waals surface area contributed by atoms with Crippen molar-refractivity contribution in [3.63, 3.8) is 0 Å². The highest BCUT2D eigenvalue weighted by molar-refractivity contribution is 6.31. The molecule has 0 saturated carbocycles. The fraction of sp³-hybridized carbons (Fsp3) is 0.364. The largest absolute Gasteiger partial charge is 0.486 e. The quantitative estimate of drug-likeness (QED) is 0.520. The molecule has 5 nitrogen and oxygen atoms in total. The van der Waals surface area contributed by atoms with Gasteiger partial charge in [0.25, 0.3) is 5.91 Å². The zero-order valence-corrected chi connectivity index (χ0v) is 18.1. The second-order valence-corrected chi connectivity index (χ2v) is 8.12. The normalized spacial score (nSPS) is 15.7. The summed E-state index contributed by atoms with van der Waals surface area (Å²) in [6.45, 7) is 0.768. The number of ether oxygens (including phenoxy) is 2. The summed E-state index contributed by atoms with van der Waals surface area (Å²) in [4.78, 5) is 26.1. The molecule has 1 atom stereocenters. The molecule has 1 saturated heterocycles. The Labute approximate surface area is 188 Å². The molecule has 166 valence electrons. The van der Waals surface area contributed by atoms with Gasteiger partial charge < -0.3 is 14.4 Å². The van der Waals surface area contributed by atoms with Crippen LogP contribution in [0.25, 0.3) is 0 Å². The van der Waals surface area contributed by atoms with Crippen LogP contribution in [0.2, 0.25) is 10.0 Å². The first-order valence-corrected chi connectivity index (χ1v) is 10.5. The van der Waals surface area contributed by atoms with Gasteiger partial charge in [0.05, 0.1) is 10.0 Å². The first-order valence-electron chi connectivity index (χ1n) is 9.77. The predicted molar refractivity (Wildman–Crippen MR) is 113 cm³/mol. The van der Waals surface area contributed by atoms with Gasteiger partial charge in [-0.2, -0.15) is 0 Å². The van der Waals surface area contributed by atoms with Crippen LogP contribution in [0.15, 0.2) is 36.4 Å². The zero-order valence-electron chi connectivity index (χ0n) is 16.6. The van der Waals surface area contributed by atoms with Crippen molar-refractivity contribution in [2.75, 3.05) is 26.3 Å². The van der Waals surface area contributed by atoms with Crippen molar-refractivity contribution in [1.82, 2.24) is 4.90 Å². The van der Waals surface area contributed by atoms with Crippen LogP contribution in [-0.4, -0.2) is 42.9 Å². The fourth-order valence-corrected chi connectivity index (χ4v) is 3.50. The standard InChI is InChI=1S/C22H21Cl2F2NO4/c23-18-5-3-16(9-20(18)25)30-12-15(28)2-1-14-7-8-27(11-14)22(29)13-31-17-4-6-19(24)21(26)10-17/h3-6,9-10,14H,1-2,7-8,11-13H2. The maximum absolute atomic E-state index is 13.4. The summed E-state index contributed by atoms with van der Waals surface area (Å²) in [6, 6.07) is 8.00. The molecule has 1 unspecified atom stereocenters. The van der Waals surface area contributed by atoms with Gasteiger partial charge in [-0.05, 0) is 43.0 Å². The molecule has 31 heavy (non-hydrogen) atoms. The minimum absolute atomic E-state index is 0.00950. The Morgan fingerprint density at radius 1 is 0.968 bits per heavy atom. The predicted octanol–water partition coefficient (Wildman–Crippen LogP) is 4.93. The highest BCUT2D eigenvalue weighted by Crippen LogP contribution is 2.24. The summed E-state index contributed by atoms with van der Waals surface area (Å²) in [5, 5.41) is -0.0221. The lowest BCUT2D eigenvalue weighted by molar-refractivity contribution is -0.132. The maximum atomic E-state index is 13.4. The Hall–Kier alpha value is -2.38. The van der Waals surface area contributed by atoms with Crippen molar-refractivity contribution < 1.29 is 27.8 Å². The fourth-order valence-electron chi connectivity index (χ4n) is 3.27. The number of amides is 1. The molecule has 3 rings (SSSR count). The van der Waals surface area contributed by atoms with Crippen molar-refractivity contribution >= 4 is 34.9 Å². The minimum Gasteiger partial charge on any atom is -0.486 e. The molecule has 0 bridgehead atoms. The lowest BCUT2D eigenvalue weighted by Crippen LogP contribution is -2.33. The second-order valence-electron chi connectivity index (χ2n) is 7.30. The molecular formula is C22H21Cl2F2NO4. The number of halogens is 4. The van der Waals surface area contributed by atoms with Crippen LogP contribution >= 0.6 is 23.2 Å². The smallest absolute Gasteiger partial charge is 0.260 e. The monoisotopic (exact) mass is 471 g/mol. The molecule has 0 N–H and O–H groups in total. The number of ketones is 1. The molecule has 1 amide bonds. The summed E-state index contributed by atoms with van der Waals surface area (Å²) >= 11 is 11.2. The number of benzene rings is 2. The van der Waals surface area contributed by atoms with Gasteiger partial charge in [-0.15, -0.1) is 0 Å². The zero-order chi connectivity index (χ0) is 22.4. The Morgan fingerprint density at radius 3 is 2.13 bits per heavy atom. The van der Waals surface area contributed by atoms with Crippen molar-refractivity contribution in [1.29, 1.82) is 0 Å². The lowest BCUT2D eigenvalue weighted by Gasteiger charge is -2.17. The number of nitrogens with zero attached hydrogens (tertiary/aromatic N) is 1. The molecule has 2 aromatic rings. The van der Waals surface area contributed by atoms with Crippen LogP contribution in [0.3, 0.4) is 0 Å². The van der Waals surface area contributed by atoms with E-state index < -0.39 is 11.6 Å². The molecule has 0 radical (unpaired) electrons. The van der Waals surface area contributed by atoms with Crippen LogP contribution in [0.5, 0.6) is 11.5 Å². The van der Waals surface area contributed by atoms with Gasteiger partial charge in [-0.25, -0.2) is 8.78 Å². The van der Waals surface area contributed by atoms with E-state index >= 15 is 0 Å². The number of carbonyl (C=O) groups is 2. The number of Topliss-reactive ketones (excluding diaryl/α,β-unsaturated/α-hetero) is 1. The topological polar surface area (TPSA) is 55.8 Å². The summed E-state index contributed by atoms with van der Waals surface area (Å²) < 4.78 is 37.5. The second kappa shape index (κ2) is 10.8. The molecule has 0 aromatic heterocycles. The van der Waals surface area contributed by atoms with Crippen LogP contribution in [0.1, 0.15) is 19.3 Å². The summed E-state index contributed by atoms with van der Waals surface area (Å²) in [7, 11) is 0. The average Bonchev–Trinajstić information content (AvgIpc) is 3.23. The van der Waals surface area contributed by atoms with Crippen LogP contribution in [0, 0.1) is 17.6 Å². The molecule has 9 heteroatoms. The van der Waals surface area contributed by atoms with Crippen molar-refractivity contribution in [2.24, 2.45) is 5.92 Å². The molecule has 1 heterocycles. The molecule has 1 aliphatic rings. The van der Waals surface area contributed by atoms with Gasteiger partial charge in [-0.3, -0.25) is 9.59 Å². The number of hydrogen-bond donors (Lipinski definition) is 0. The van der Waals surface area contributed by atoms with E-state index in [1.807, 2.05) is 0 Å². The van der Waals surface area contributed by atoms with E-state index in [1.54, 1.807) is 4.90 Å². The average molecular weight is 472 g/mol. The van der Waals surface area contributed by atoms with Crippen molar-refractivity contribution in [2.45, 2.75) is 19.3 Å². The molecule has 1 fully saturated rings. The number of hydrogen-bond acceptors (Lipinski definition) is 4. The van der Waals surface area contributed by atoms with Gasteiger partial charge in [-0.1, -0.05) is 23.2 Å². The van der Waals surface area contributed by atoms with Crippen LogP contribution in [-0.2, 0) is 9.59 Å². The van der Waals surface area contributed by atoms with Crippen LogP contribution in [0.4, 0.5) is 8.78 Å². The number of carbonyl (C=O) groups excluding carboxylic acids is 2. The molecule has 0 aliphatic carbocycles. The van der Waals surface area contributed by atoms with Gasteiger partial charge >= 0.3 is 0 Å². The third kappa shape index (κ3) is 6.80. The van der Waals surface area contributed by atoms with Crippen molar-refractivity contribution in [3.05, 3.63) is 58.1 Å².